The van der Waals surface area contributed by atoms with Gasteiger partial charge in [-0.1, -0.05) is 36.4 Å². The zero-order chi connectivity index (χ0) is 20.0. The van der Waals surface area contributed by atoms with E-state index in [1.807, 2.05) is 48.5 Å². The highest BCUT2D eigenvalue weighted by atomic mass is 16.5. The second-order valence-corrected chi connectivity index (χ2v) is 7.03. The monoisotopic (exact) mass is 385 g/mol. The zero-order valence-corrected chi connectivity index (χ0v) is 15.9. The second kappa shape index (κ2) is 6.67. The van der Waals surface area contributed by atoms with Gasteiger partial charge in [0.25, 0.3) is 5.56 Å². The Hall–Kier alpha value is -3.80. The Morgan fingerprint density at radius 3 is 2.69 bits per heavy atom. The van der Waals surface area contributed by atoms with Crippen molar-refractivity contribution in [1.29, 1.82) is 0 Å². The van der Waals surface area contributed by atoms with Gasteiger partial charge in [0.05, 0.1) is 23.7 Å². The van der Waals surface area contributed by atoms with Crippen LogP contribution in [-0.2, 0) is 13.0 Å². The molecule has 4 aromatic rings. The fraction of sp³-hybridized carbons (Fsp3) is 0.130. The number of aromatic nitrogens is 2. The summed E-state index contributed by atoms with van der Waals surface area (Å²) in [6.45, 7) is 0.400. The Labute approximate surface area is 167 Å². The quantitative estimate of drug-likeness (QED) is 0.479. The van der Waals surface area contributed by atoms with E-state index in [2.05, 4.69) is 0 Å². The third-order valence-corrected chi connectivity index (χ3v) is 5.16. The van der Waals surface area contributed by atoms with Crippen LogP contribution in [0.5, 0.6) is 11.5 Å². The molecular formula is C23H19N3O3. The average molecular weight is 385 g/mol. The van der Waals surface area contributed by atoms with Gasteiger partial charge in [-0.15, -0.1) is 0 Å². The Bertz CT molecular complexity index is 1300. The molecule has 0 saturated heterocycles. The highest BCUT2D eigenvalue weighted by molar-refractivity contribution is 5.83. The van der Waals surface area contributed by atoms with Crippen LogP contribution in [0, 0.1) is 0 Å². The summed E-state index contributed by atoms with van der Waals surface area (Å²) in [5.41, 5.74) is 9.87. The maximum Gasteiger partial charge on any atom is 0.266 e. The molecule has 0 unspecified atom stereocenters. The SMILES string of the molecule is COc1cc2c(=O)n3c(nc2cc1OCc1ccccc1)Cc1ccc(N)cc1-3. The summed E-state index contributed by atoms with van der Waals surface area (Å²) in [6, 6.07) is 19.0. The minimum absolute atomic E-state index is 0.137. The number of rotatable bonds is 4. The molecular weight excluding hydrogens is 366 g/mol. The fourth-order valence-corrected chi connectivity index (χ4v) is 3.72. The molecule has 2 heterocycles. The van der Waals surface area contributed by atoms with Crippen LogP contribution in [0.1, 0.15) is 17.0 Å². The van der Waals surface area contributed by atoms with Gasteiger partial charge < -0.3 is 15.2 Å². The van der Waals surface area contributed by atoms with Crippen molar-refractivity contribution in [2.45, 2.75) is 13.0 Å². The van der Waals surface area contributed by atoms with Gasteiger partial charge in [0.1, 0.15) is 12.4 Å². The van der Waals surface area contributed by atoms with Crippen molar-refractivity contribution in [2.24, 2.45) is 0 Å². The van der Waals surface area contributed by atoms with Crippen molar-refractivity contribution >= 4 is 16.6 Å². The highest BCUT2D eigenvalue weighted by Gasteiger charge is 2.23. The molecule has 0 radical (unpaired) electrons. The van der Waals surface area contributed by atoms with Gasteiger partial charge in [0, 0.05) is 18.2 Å². The third-order valence-electron chi connectivity index (χ3n) is 5.16. The van der Waals surface area contributed by atoms with Crippen molar-refractivity contribution in [2.75, 3.05) is 12.8 Å². The highest BCUT2D eigenvalue weighted by Crippen LogP contribution is 2.33. The predicted molar refractivity (Wildman–Crippen MR) is 112 cm³/mol. The number of nitrogen functional groups attached to an aromatic ring is 1. The van der Waals surface area contributed by atoms with Crippen LogP contribution in [0.25, 0.3) is 16.6 Å². The lowest BCUT2D eigenvalue weighted by molar-refractivity contribution is 0.285. The van der Waals surface area contributed by atoms with E-state index in [4.69, 9.17) is 20.2 Å². The molecule has 0 amide bonds. The average Bonchev–Trinajstić information content (AvgIpc) is 3.10. The summed E-state index contributed by atoms with van der Waals surface area (Å²) in [7, 11) is 1.56. The van der Waals surface area contributed by atoms with Crippen LogP contribution in [0.15, 0.2) is 65.5 Å². The lowest BCUT2D eigenvalue weighted by Crippen LogP contribution is -2.20. The molecule has 2 N–H and O–H groups in total. The maximum absolute atomic E-state index is 13.2. The number of hydrogen-bond acceptors (Lipinski definition) is 5. The molecule has 0 saturated carbocycles. The molecule has 1 aromatic heterocycles. The van der Waals surface area contributed by atoms with Gasteiger partial charge in [-0.05, 0) is 29.3 Å². The first-order chi connectivity index (χ1) is 14.1. The number of anilines is 1. The number of methoxy groups -OCH3 is 1. The third kappa shape index (κ3) is 2.89. The summed E-state index contributed by atoms with van der Waals surface area (Å²) < 4.78 is 13.1. The van der Waals surface area contributed by atoms with E-state index in [1.165, 1.54) is 0 Å². The molecule has 0 bridgehead atoms. The molecule has 0 atom stereocenters. The topological polar surface area (TPSA) is 79.4 Å². The van der Waals surface area contributed by atoms with E-state index >= 15 is 0 Å². The summed E-state index contributed by atoms with van der Waals surface area (Å²) in [4.78, 5) is 18.0. The smallest absolute Gasteiger partial charge is 0.266 e. The van der Waals surface area contributed by atoms with E-state index in [-0.39, 0.29) is 5.56 Å². The van der Waals surface area contributed by atoms with Crippen LogP contribution in [-0.4, -0.2) is 16.7 Å². The number of nitrogens with two attached hydrogens (primary N) is 1. The summed E-state index contributed by atoms with van der Waals surface area (Å²) in [5.74, 6) is 1.75. The fourth-order valence-electron chi connectivity index (χ4n) is 3.72. The lowest BCUT2D eigenvalue weighted by Gasteiger charge is -2.13. The van der Waals surface area contributed by atoms with Gasteiger partial charge in [-0.25, -0.2) is 4.98 Å². The van der Waals surface area contributed by atoms with Crippen molar-refractivity contribution in [3.05, 3.63) is 88.0 Å². The van der Waals surface area contributed by atoms with Crippen LogP contribution < -0.4 is 20.8 Å². The van der Waals surface area contributed by atoms with E-state index in [9.17, 15) is 4.79 Å². The van der Waals surface area contributed by atoms with Crippen LogP contribution >= 0.6 is 0 Å². The number of hydrogen-bond donors (Lipinski definition) is 1. The van der Waals surface area contributed by atoms with Gasteiger partial charge >= 0.3 is 0 Å². The van der Waals surface area contributed by atoms with Crippen molar-refractivity contribution in [3.63, 3.8) is 0 Å². The Morgan fingerprint density at radius 2 is 1.90 bits per heavy atom. The van der Waals surface area contributed by atoms with Crippen LogP contribution in [0.2, 0.25) is 0 Å². The Balaban J connectivity index is 1.61. The first-order valence-electron chi connectivity index (χ1n) is 9.33. The first kappa shape index (κ1) is 17.3. The number of fused-ring (bicyclic) bond motifs is 4. The second-order valence-electron chi connectivity index (χ2n) is 7.03. The lowest BCUT2D eigenvalue weighted by atomic mass is 10.1. The van der Waals surface area contributed by atoms with Crippen LogP contribution in [0.4, 0.5) is 5.69 Å². The molecule has 29 heavy (non-hydrogen) atoms. The largest absolute Gasteiger partial charge is 0.493 e. The molecule has 144 valence electrons. The molecule has 6 heteroatoms. The molecule has 0 spiro atoms. The van der Waals surface area contributed by atoms with Gasteiger partial charge in [0.15, 0.2) is 11.5 Å². The normalized spacial score (nSPS) is 11.9. The minimum Gasteiger partial charge on any atom is -0.493 e. The molecule has 5 rings (SSSR count). The summed E-state index contributed by atoms with van der Waals surface area (Å²) in [6.07, 6.45) is 0.590. The first-order valence-corrected chi connectivity index (χ1v) is 9.33. The number of ether oxygens (including phenoxy) is 2. The van der Waals surface area contributed by atoms with Crippen molar-refractivity contribution in [1.82, 2.24) is 9.55 Å². The Morgan fingerprint density at radius 1 is 1.07 bits per heavy atom. The molecule has 1 aliphatic rings. The number of benzene rings is 3. The van der Waals surface area contributed by atoms with Crippen molar-refractivity contribution in [3.8, 4) is 17.2 Å². The standard InChI is InChI=1S/C23H19N3O3/c1-28-20-11-17-18(12-21(20)29-13-14-5-3-2-4-6-14)25-22-9-15-7-8-16(24)10-19(15)26(22)23(17)27/h2-8,10-12H,9,13,24H2,1H3. The van der Waals surface area contributed by atoms with Gasteiger partial charge in [-0.3, -0.25) is 9.36 Å². The number of nitrogens with zero attached hydrogens (tertiary/aromatic N) is 2. The minimum atomic E-state index is -0.137. The molecule has 6 nitrogen and oxygen atoms in total. The predicted octanol–water partition coefficient (Wildman–Crippen LogP) is 3.46. The Kier molecular flexibility index (Phi) is 3.98. The van der Waals surface area contributed by atoms with E-state index in [0.29, 0.717) is 46.9 Å². The molecule has 1 aliphatic heterocycles. The van der Waals surface area contributed by atoms with E-state index < -0.39 is 0 Å². The van der Waals surface area contributed by atoms with Gasteiger partial charge in [0.2, 0.25) is 0 Å². The molecule has 0 fully saturated rings. The maximum atomic E-state index is 13.2. The summed E-state index contributed by atoms with van der Waals surface area (Å²) in [5, 5.41) is 0.480. The summed E-state index contributed by atoms with van der Waals surface area (Å²) >= 11 is 0. The zero-order valence-electron chi connectivity index (χ0n) is 15.9. The van der Waals surface area contributed by atoms with E-state index in [0.717, 1.165) is 16.8 Å². The van der Waals surface area contributed by atoms with E-state index in [1.54, 1.807) is 23.8 Å². The van der Waals surface area contributed by atoms with Crippen LogP contribution in [0.3, 0.4) is 0 Å². The molecule has 0 aliphatic carbocycles. The molecule has 3 aromatic carbocycles. The van der Waals surface area contributed by atoms with Crippen molar-refractivity contribution < 1.29 is 9.47 Å². The van der Waals surface area contributed by atoms with Gasteiger partial charge in [-0.2, -0.15) is 0 Å².